The van der Waals surface area contributed by atoms with E-state index in [-0.39, 0.29) is 34.8 Å². The summed E-state index contributed by atoms with van der Waals surface area (Å²) in [4.78, 5) is 25.1. The monoisotopic (exact) mass is 425 g/mol. The molecule has 0 saturated carbocycles. The Hall–Kier alpha value is -2.35. The topological polar surface area (TPSA) is 84.7 Å². The fourth-order valence-corrected chi connectivity index (χ4v) is 3.26. The summed E-state index contributed by atoms with van der Waals surface area (Å²) < 4.78 is 5.61. The van der Waals surface area contributed by atoms with Crippen LogP contribution in [-0.2, 0) is 0 Å². The van der Waals surface area contributed by atoms with Crippen LogP contribution in [0.25, 0.3) is 0 Å². The number of likely N-dealkylation sites (N-methyl/N-ethyl adjacent to an activating group) is 1. The number of amides is 1. The summed E-state index contributed by atoms with van der Waals surface area (Å²) in [5.74, 6) is 0.471. The molecule has 7 nitrogen and oxygen atoms in total. The van der Waals surface area contributed by atoms with Gasteiger partial charge >= 0.3 is 5.69 Å². The van der Waals surface area contributed by atoms with Crippen molar-refractivity contribution < 1.29 is 14.5 Å². The zero-order valence-corrected chi connectivity index (χ0v) is 16.8. The smallest absolute Gasteiger partial charge is 0.313 e. The number of nitro groups is 1. The number of carbonyl (C=O) groups is 1. The molecule has 9 heteroatoms. The van der Waals surface area contributed by atoms with Gasteiger partial charge in [0.15, 0.2) is 0 Å². The van der Waals surface area contributed by atoms with Gasteiger partial charge in [-0.3, -0.25) is 14.9 Å². The Morgan fingerprint density at radius 1 is 1.29 bits per heavy atom. The van der Waals surface area contributed by atoms with Gasteiger partial charge in [-0.1, -0.05) is 11.6 Å². The molecule has 28 heavy (non-hydrogen) atoms. The third-order valence-corrected chi connectivity index (χ3v) is 4.80. The summed E-state index contributed by atoms with van der Waals surface area (Å²) in [6.07, 6.45) is 2.03. The van der Waals surface area contributed by atoms with Crippen LogP contribution in [-0.4, -0.2) is 41.9 Å². The summed E-state index contributed by atoms with van der Waals surface area (Å²) in [6.45, 7) is 1.43. The van der Waals surface area contributed by atoms with E-state index in [1.165, 1.54) is 18.2 Å². The van der Waals surface area contributed by atoms with Crippen molar-refractivity contribution in [2.75, 3.05) is 20.1 Å². The van der Waals surface area contributed by atoms with Crippen molar-refractivity contribution in [2.45, 2.75) is 18.9 Å². The number of hydrogen-bond donors (Lipinski definition) is 1. The summed E-state index contributed by atoms with van der Waals surface area (Å²) in [5, 5.41) is 14.6. The molecule has 1 aliphatic heterocycles. The maximum Gasteiger partial charge on any atom is 0.313 e. The fraction of sp³-hybridized carbons (Fsp3) is 0.316. The molecule has 0 radical (unpaired) electrons. The molecule has 0 spiro atoms. The first kappa shape index (κ1) is 21.9. The minimum absolute atomic E-state index is 0. The Labute approximate surface area is 174 Å². The molecule has 0 bridgehead atoms. The van der Waals surface area contributed by atoms with Gasteiger partial charge in [0.05, 0.1) is 4.92 Å². The molecule has 3 rings (SSSR count). The highest BCUT2D eigenvalue weighted by Crippen LogP contribution is 2.33. The lowest BCUT2D eigenvalue weighted by molar-refractivity contribution is -0.385. The van der Waals surface area contributed by atoms with Crippen LogP contribution in [0.1, 0.15) is 23.2 Å². The molecule has 1 atom stereocenters. The number of nitrogens with one attached hydrogen (secondary N) is 1. The first-order chi connectivity index (χ1) is 13.0. The molecule has 150 valence electrons. The van der Waals surface area contributed by atoms with E-state index in [1.54, 1.807) is 24.3 Å². The molecule has 2 aromatic carbocycles. The normalized spacial score (nSPS) is 16.2. The maximum absolute atomic E-state index is 12.7. The van der Waals surface area contributed by atoms with Gasteiger partial charge in [0.1, 0.15) is 5.75 Å². The molecule has 1 unspecified atom stereocenters. The Morgan fingerprint density at radius 3 is 2.64 bits per heavy atom. The lowest BCUT2D eigenvalue weighted by Crippen LogP contribution is -2.46. The van der Waals surface area contributed by atoms with Gasteiger partial charge < -0.3 is 15.0 Å². The number of nitrogens with zero attached hydrogens (tertiary/aromatic N) is 2. The second kappa shape index (κ2) is 9.73. The van der Waals surface area contributed by atoms with Crippen LogP contribution >= 0.6 is 24.0 Å². The number of piperidine rings is 1. The lowest BCUT2D eigenvalue weighted by Gasteiger charge is -2.32. The standard InChI is InChI=1S/C19H20ClN3O4.ClH/c1-21-15-3-2-10-22(12-15)19(24)13-4-7-16(8-5-13)27-18-9-6-14(20)11-17(18)23(25)26;/h4-9,11,15,21H,2-3,10,12H2,1H3;1H. The number of carbonyl (C=O) groups excluding carboxylic acids is 1. The third-order valence-electron chi connectivity index (χ3n) is 4.56. The van der Waals surface area contributed by atoms with Crippen molar-refractivity contribution in [2.24, 2.45) is 0 Å². The molecule has 2 aromatic rings. The predicted molar refractivity (Wildman–Crippen MR) is 110 cm³/mol. The molecule has 1 aliphatic rings. The van der Waals surface area contributed by atoms with E-state index in [1.807, 2.05) is 11.9 Å². The van der Waals surface area contributed by atoms with Gasteiger partial charge in [0.25, 0.3) is 5.91 Å². The van der Waals surface area contributed by atoms with Gasteiger partial charge in [-0.15, -0.1) is 12.4 Å². The molecule has 1 amide bonds. The average molecular weight is 426 g/mol. The van der Waals surface area contributed by atoms with Crippen LogP contribution in [0, 0.1) is 10.1 Å². The Kier molecular flexibility index (Phi) is 7.62. The minimum Gasteiger partial charge on any atom is -0.450 e. The largest absolute Gasteiger partial charge is 0.450 e. The molecule has 0 aliphatic carbocycles. The van der Waals surface area contributed by atoms with Crippen LogP contribution in [0.4, 0.5) is 5.69 Å². The highest BCUT2D eigenvalue weighted by molar-refractivity contribution is 6.30. The maximum atomic E-state index is 12.7. The van der Waals surface area contributed by atoms with Crippen LogP contribution in [0.3, 0.4) is 0 Å². The number of nitro benzene ring substituents is 1. The first-order valence-electron chi connectivity index (χ1n) is 8.66. The molecular weight excluding hydrogens is 405 g/mol. The van der Waals surface area contributed by atoms with Crippen LogP contribution in [0.5, 0.6) is 11.5 Å². The van der Waals surface area contributed by atoms with Gasteiger partial charge in [-0.05, 0) is 56.3 Å². The van der Waals surface area contributed by atoms with Crippen molar-refractivity contribution in [3.63, 3.8) is 0 Å². The summed E-state index contributed by atoms with van der Waals surface area (Å²) in [7, 11) is 1.90. The van der Waals surface area contributed by atoms with Gasteiger partial charge in [0, 0.05) is 35.8 Å². The van der Waals surface area contributed by atoms with E-state index >= 15 is 0 Å². The Morgan fingerprint density at radius 2 is 2.00 bits per heavy atom. The second-order valence-corrected chi connectivity index (χ2v) is 6.81. The molecule has 1 heterocycles. The van der Waals surface area contributed by atoms with Crippen molar-refractivity contribution in [1.82, 2.24) is 10.2 Å². The Bertz CT molecular complexity index is 846. The van der Waals surface area contributed by atoms with Gasteiger partial charge in [-0.2, -0.15) is 0 Å². The second-order valence-electron chi connectivity index (χ2n) is 6.37. The van der Waals surface area contributed by atoms with Crippen molar-refractivity contribution in [3.05, 3.63) is 63.2 Å². The molecule has 0 aromatic heterocycles. The molecular formula is C19H21Cl2N3O4. The van der Waals surface area contributed by atoms with E-state index < -0.39 is 4.92 Å². The highest BCUT2D eigenvalue weighted by atomic mass is 35.5. The van der Waals surface area contributed by atoms with E-state index in [0.29, 0.717) is 23.9 Å². The van der Waals surface area contributed by atoms with E-state index in [4.69, 9.17) is 16.3 Å². The van der Waals surface area contributed by atoms with Crippen molar-refractivity contribution >= 4 is 35.6 Å². The Balaban J connectivity index is 0.00000280. The van der Waals surface area contributed by atoms with Gasteiger partial charge in [-0.25, -0.2) is 0 Å². The predicted octanol–water partition coefficient (Wildman–Crippen LogP) is 4.29. The number of likely N-dealkylation sites (tertiary alicyclic amines) is 1. The SMILES string of the molecule is CNC1CCCN(C(=O)c2ccc(Oc3ccc(Cl)cc3[N+](=O)[O-])cc2)C1.Cl. The quantitative estimate of drug-likeness (QED) is 0.570. The molecule has 1 saturated heterocycles. The third kappa shape index (κ3) is 5.13. The number of ether oxygens (including phenoxy) is 1. The van der Waals surface area contributed by atoms with Gasteiger partial charge in [0.2, 0.25) is 5.75 Å². The zero-order valence-electron chi connectivity index (χ0n) is 15.3. The fourth-order valence-electron chi connectivity index (χ4n) is 3.09. The highest BCUT2D eigenvalue weighted by Gasteiger charge is 2.23. The zero-order chi connectivity index (χ0) is 19.4. The number of halogens is 2. The van der Waals surface area contributed by atoms with E-state index in [9.17, 15) is 14.9 Å². The number of hydrogen-bond acceptors (Lipinski definition) is 5. The summed E-state index contributed by atoms with van der Waals surface area (Å²) >= 11 is 5.81. The van der Waals surface area contributed by atoms with Crippen molar-refractivity contribution in [3.8, 4) is 11.5 Å². The number of benzene rings is 2. The lowest BCUT2D eigenvalue weighted by atomic mass is 10.0. The van der Waals surface area contributed by atoms with E-state index in [2.05, 4.69) is 5.32 Å². The summed E-state index contributed by atoms with van der Waals surface area (Å²) in [6, 6.07) is 11.1. The molecule has 1 fully saturated rings. The van der Waals surface area contributed by atoms with Crippen LogP contribution < -0.4 is 10.1 Å². The van der Waals surface area contributed by atoms with Crippen LogP contribution in [0.15, 0.2) is 42.5 Å². The van der Waals surface area contributed by atoms with Crippen LogP contribution in [0.2, 0.25) is 5.02 Å². The van der Waals surface area contributed by atoms with E-state index in [0.717, 1.165) is 19.4 Å². The minimum atomic E-state index is -0.548. The van der Waals surface area contributed by atoms with Crippen molar-refractivity contribution in [1.29, 1.82) is 0 Å². The number of rotatable bonds is 5. The summed E-state index contributed by atoms with van der Waals surface area (Å²) in [5.41, 5.74) is 0.346. The average Bonchev–Trinajstić information content (AvgIpc) is 2.69. The molecule has 1 N–H and O–H groups in total. The first-order valence-corrected chi connectivity index (χ1v) is 9.04.